The van der Waals surface area contributed by atoms with Crippen molar-refractivity contribution in [2.45, 2.75) is 0 Å². The van der Waals surface area contributed by atoms with Gasteiger partial charge in [0, 0.05) is 21.5 Å². The smallest absolute Gasteiger partial charge is 0.0794 e. The zero-order valence-electron chi connectivity index (χ0n) is 17.3. The fourth-order valence-electron chi connectivity index (χ4n) is 5.77. The Hall–Kier alpha value is -4.23. The maximum Gasteiger partial charge on any atom is 0.0794 e. The number of benzene rings is 7. The lowest BCUT2D eigenvalue weighted by atomic mass is 9.89. The van der Waals surface area contributed by atoms with E-state index in [0.717, 1.165) is 11.0 Å². The number of hydrogen-bond donors (Lipinski definition) is 0. The summed E-state index contributed by atoms with van der Waals surface area (Å²) in [6.45, 7) is 0. The second-order valence-corrected chi connectivity index (χ2v) is 8.78. The molecule has 146 valence electrons. The molecule has 0 atom stereocenters. The monoisotopic (exact) mass is 403 g/mol. The van der Waals surface area contributed by atoms with Crippen molar-refractivity contribution in [3.05, 3.63) is 103 Å². The van der Waals surface area contributed by atoms with Gasteiger partial charge in [0.15, 0.2) is 0 Å². The van der Waals surface area contributed by atoms with Crippen LogP contribution in [-0.4, -0.2) is 4.98 Å². The highest BCUT2D eigenvalue weighted by molar-refractivity contribution is 6.35. The molecule has 7 aromatic carbocycles. The van der Waals surface area contributed by atoms with E-state index in [9.17, 15) is 0 Å². The van der Waals surface area contributed by atoms with Gasteiger partial charge >= 0.3 is 0 Å². The molecule has 0 saturated heterocycles. The molecule has 1 heterocycles. The predicted octanol–water partition coefficient (Wildman–Crippen LogP) is 8.59. The molecule has 0 bridgehead atoms. The Kier molecular flexibility index (Phi) is 2.94. The highest BCUT2D eigenvalue weighted by Crippen LogP contribution is 2.43. The molecule has 0 saturated carbocycles. The van der Waals surface area contributed by atoms with E-state index in [4.69, 9.17) is 4.98 Å². The van der Waals surface area contributed by atoms with Crippen LogP contribution >= 0.6 is 0 Å². The van der Waals surface area contributed by atoms with E-state index in [1.54, 1.807) is 0 Å². The van der Waals surface area contributed by atoms with Gasteiger partial charge in [0.2, 0.25) is 0 Å². The highest BCUT2D eigenvalue weighted by Gasteiger charge is 2.17. The minimum absolute atomic E-state index is 1.07. The SMILES string of the molecule is c1ccc2c(c1)cc1cccc3c4nc5cccc6cc7ccccc7c(c4cc2c13)c65. The van der Waals surface area contributed by atoms with Crippen LogP contribution in [0.15, 0.2) is 103 Å². The molecule has 0 aliphatic heterocycles. The Labute approximate surface area is 183 Å². The van der Waals surface area contributed by atoms with Crippen molar-refractivity contribution in [2.24, 2.45) is 0 Å². The standard InChI is InChI=1S/C31H17N/c1-3-11-22-18(7-1)15-20-9-5-13-24-28(20)25(22)17-26-30-23-12-4-2-8-19(23)16-21-10-6-14-27(29(21)30)32-31(24)26/h1-17H. The van der Waals surface area contributed by atoms with Gasteiger partial charge in [0.05, 0.1) is 11.0 Å². The Morgan fingerprint density at radius 1 is 0.375 bits per heavy atom. The van der Waals surface area contributed by atoms with E-state index in [1.165, 1.54) is 64.6 Å². The average Bonchev–Trinajstić information content (AvgIpc) is 2.84. The fraction of sp³-hybridized carbons (Fsp3) is 0. The number of aromatic nitrogens is 1. The van der Waals surface area contributed by atoms with E-state index in [1.807, 2.05) is 0 Å². The molecule has 1 aromatic heterocycles. The molecule has 32 heavy (non-hydrogen) atoms. The van der Waals surface area contributed by atoms with Gasteiger partial charge in [-0.05, 0) is 67.4 Å². The van der Waals surface area contributed by atoms with Crippen LogP contribution in [0, 0.1) is 0 Å². The first-order valence-corrected chi connectivity index (χ1v) is 11.1. The third-order valence-corrected chi connectivity index (χ3v) is 7.09. The van der Waals surface area contributed by atoms with Gasteiger partial charge in [0.25, 0.3) is 0 Å². The normalized spacial score (nSPS) is 12.4. The summed E-state index contributed by atoms with van der Waals surface area (Å²) in [5, 5.41) is 15.3. The Balaban J connectivity index is 1.79. The van der Waals surface area contributed by atoms with Crippen LogP contribution in [0.1, 0.15) is 0 Å². The van der Waals surface area contributed by atoms with Gasteiger partial charge < -0.3 is 0 Å². The Morgan fingerprint density at radius 3 is 1.84 bits per heavy atom. The van der Waals surface area contributed by atoms with Crippen LogP contribution in [0.4, 0.5) is 0 Å². The molecule has 0 spiro atoms. The summed E-state index contributed by atoms with van der Waals surface area (Å²) in [6.07, 6.45) is 0. The molecule has 0 amide bonds. The highest BCUT2D eigenvalue weighted by atomic mass is 14.7. The quantitative estimate of drug-likeness (QED) is 0.182. The van der Waals surface area contributed by atoms with E-state index < -0.39 is 0 Å². The van der Waals surface area contributed by atoms with Crippen LogP contribution in [0.3, 0.4) is 0 Å². The minimum Gasteiger partial charge on any atom is -0.247 e. The largest absolute Gasteiger partial charge is 0.247 e. The maximum atomic E-state index is 5.24. The van der Waals surface area contributed by atoms with E-state index in [-0.39, 0.29) is 0 Å². The Bertz CT molecular complexity index is 2020. The van der Waals surface area contributed by atoms with E-state index >= 15 is 0 Å². The molecule has 8 rings (SSSR count). The summed E-state index contributed by atoms with van der Waals surface area (Å²) in [5.41, 5.74) is 2.16. The summed E-state index contributed by atoms with van der Waals surface area (Å²) < 4.78 is 0. The summed E-state index contributed by atoms with van der Waals surface area (Å²) in [4.78, 5) is 5.24. The van der Waals surface area contributed by atoms with Gasteiger partial charge in [-0.3, -0.25) is 0 Å². The second kappa shape index (κ2) is 5.72. The van der Waals surface area contributed by atoms with Crippen molar-refractivity contribution in [3.63, 3.8) is 0 Å². The molecule has 1 heteroatoms. The summed E-state index contributed by atoms with van der Waals surface area (Å²) in [7, 11) is 0. The molecule has 0 unspecified atom stereocenters. The van der Waals surface area contributed by atoms with Gasteiger partial charge in [-0.25, -0.2) is 4.98 Å². The van der Waals surface area contributed by atoms with Crippen LogP contribution in [0.25, 0.3) is 75.7 Å². The zero-order chi connectivity index (χ0) is 20.8. The second-order valence-electron chi connectivity index (χ2n) is 8.78. The molecule has 0 radical (unpaired) electrons. The molecule has 0 aliphatic rings. The third-order valence-electron chi connectivity index (χ3n) is 7.09. The maximum absolute atomic E-state index is 5.24. The fourth-order valence-corrected chi connectivity index (χ4v) is 5.77. The molecule has 1 nitrogen and oxygen atoms in total. The number of pyridine rings is 1. The molecular weight excluding hydrogens is 386 g/mol. The molecule has 0 N–H and O–H groups in total. The lowest BCUT2D eigenvalue weighted by Gasteiger charge is -2.16. The summed E-state index contributed by atoms with van der Waals surface area (Å²) in [5.74, 6) is 0. The van der Waals surface area contributed by atoms with Crippen molar-refractivity contribution in [1.29, 1.82) is 0 Å². The summed E-state index contributed by atoms with van der Waals surface area (Å²) >= 11 is 0. The first kappa shape index (κ1) is 16.5. The molecule has 8 aromatic rings. The van der Waals surface area contributed by atoms with Crippen LogP contribution in [0.5, 0.6) is 0 Å². The van der Waals surface area contributed by atoms with Crippen LogP contribution in [0.2, 0.25) is 0 Å². The predicted molar refractivity (Wildman–Crippen MR) is 138 cm³/mol. The zero-order valence-corrected chi connectivity index (χ0v) is 17.3. The van der Waals surface area contributed by atoms with Gasteiger partial charge in [-0.15, -0.1) is 0 Å². The van der Waals surface area contributed by atoms with Gasteiger partial charge in [0.1, 0.15) is 0 Å². The third kappa shape index (κ3) is 1.96. The average molecular weight is 403 g/mol. The van der Waals surface area contributed by atoms with Crippen molar-refractivity contribution in [3.8, 4) is 0 Å². The lowest BCUT2D eigenvalue weighted by Crippen LogP contribution is -1.91. The van der Waals surface area contributed by atoms with Gasteiger partial charge in [-0.2, -0.15) is 0 Å². The van der Waals surface area contributed by atoms with Crippen LogP contribution < -0.4 is 0 Å². The first-order valence-electron chi connectivity index (χ1n) is 11.1. The topological polar surface area (TPSA) is 12.9 Å². The number of rotatable bonds is 0. The van der Waals surface area contributed by atoms with E-state index in [0.29, 0.717) is 0 Å². The van der Waals surface area contributed by atoms with Crippen molar-refractivity contribution < 1.29 is 0 Å². The van der Waals surface area contributed by atoms with Crippen LogP contribution in [-0.2, 0) is 0 Å². The molecule has 0 fully saturated rings. The summed E-state index contributed by atoms with van der Waals surface area (Å²) in [6, 6.07) is 37.6. The lowest BCUT2D eigenvalue weighted by molar-refractivity contribution is 1.53. The van der Waals surface area contributed by atoms with Gasteiger partial charge in [-0.1, -0.05) is 78.9 Å². The molecule has 0 aliphatic carbocycles. The van der Waals surface area contributed by atoms with Crippen molar-refractivity contribution in [1.82, 2.24) is 4.98 Å². The van der Waals surface area contributed by atoms with E-state index in [2.05, 4.69) is 103 Å². The number of nitrogens with zero attached hydrogens (tertiary/aromatic N) is 1. The number of fused-ring (bicyclic) bond motifs is 7. The van der Waals surface area contributed by atoms with Crippen molar-refractivity contribution >= 4 is 75.7 Å². The Morgan fingerprint density at radius 2 is 1.00 bits per heavy atom. The molecular formula is C31H17N. The number of hydrogen-bond acceptors (Lipinski definition) is 1. The first-order chi connectivity index (χ1) is 15.9. The minimum atomic E-state index is 1.07. The van der Waals surface area contributed by atoms with Crippen molar-refractivity contribution in [2.75, 3.05) is 0 Å².